The van der Waals surface area contributed by atoms with E-state index in [9.17, 15) is 14.3 Å². The fourth-order valence-corrected chi connectivity index (χ4v) is 13.3. The van der Waals surface area contributed by atoms with E-state index in [4.69, 9.17) is 4.98 Å². The van der Waals surface area contributed by atoms with Crippen molar-refractivity contribution in [2.24, 2.45) is 10.8 Å². The number of benzene rings is 14. The van der Waals surface area contributed by atoms with E-state index in [1.165, 1.54) is 87.7 Å². The minimum Gasteiger partial charge on any atom is -0.511 e. The molecular formula is C105H82FIr3N5O2-4. The molecule has 0 aliphatic rings. The Morgan fingerprint density at radius 1 is 0.310 bits per heavy atom. The summed E-state index contributed by atoms with van der Waals surface area (Å²) in [5.41, 5.74) is 11.4. The molecule has 7 nitrogen and oxygen atoms in total. The molecular weight excluding hydrogens is 1960 g/mol. The number of ketones is 1. The van der Waals surface area contributed by atoms with Gasteiger partial charge in [-0.1, -0.05) is 257 Å². The van der Waals surface area contributed by atoms with Gasteiger partial charge in [0.15, 0.2) is 0 Å². The summed E-state index contributed by atoms with van der Waals surface area (Å²) in [5.74, 6) is 0.141. The first-order chi connectivity index (χ1) is 55.0. The fourth-order valence-electron chi connectivity index (χ4n) is 13.3. The average Bonchev–Trinajstić information content (AvgIpc) is 0.890. The van der Waals surface area contributed by atoms with Crippen LogP contribution in [0.5, 0.6) is 0 Å². The number of aryl methyl sites for hydroxylation is 1. The minimum atomic E-state index is -0.412. The van der Waals surface area contributed by atoms with Gasteiger partial charge in [-0.25, -0.2) is 0 Å². The number of hydrogen-bond acceptors (Lipinski definition) is 6. The Kier molecular flexibility index (Phi) is 28.8. The molecule has 116 heavy (non-hydrogen) atoms. The van der Waals surface area contributed by atoms with Gasteiger partial charge in [-0.15, -0.1) is 161 Å². The third-order valence-electron chi connectivity index (χ3n) is 19.4. The zero-order valence-corrected chi connectivity index (χ0v) is 72.3. The molecule has 19 aromatic rings. The number of aromatic nitrogens is 5. The first kappa shape index (κ1) is 84.9. The molecule has 5 aromatic heterocycles. The Balaban J connectivity index is 0.000000139. The summed E-state index contributed by atoms with van der Waals surface area (Å²) in [6.45, 7) is 13.6. The van der Waals surface area contributed by atoms with Crippen molar-refractivity contribution in [2.45, 2.75) is 48.5 Å². The number of allylic oxidation sites excluding steroid dienone is 2. The van der Waals surface area contributed by atoms with Gasteiger partial charge in [0.1, 0.15) is 11.3 Å². The predicted molar refractivity (Wildman–Crippen MR) is 469 cm³/mol. The van der Waals surface area contributed by atoms with Crippen molar-refractivity contribution in [3.8, 4) is 56.3 Å². The van der Waals surface area contributed by atoms with E-state index in [2.05, 4.69) is 221 Å². The molecule has 0 fully saturated rings. The molecule has 5 heterocycles. The molecule has 577 valence electrons. The van der Waals surface area contributed by atoms with Gasteiger partial charge < -0.3 is 30.0 Å². The van der Waals surface area contributed by atoms with Gasteiger partial charge in [0, 0.05) is 103 Å². The number of aliphatic hydroxyl groups excluding tert-OH is 1. The van der Waals surface area contributed by atoms with Crippen LogP contribution in [0.4, 0.5) is 4.39 Å². The molecule has 3 radical (unpaired) electrons. The predicted octanol–water partition coefficient (Wildman–Crippen LogP) is 27.0. The summed E-state index contributed by atoms with van der Waals surface area (Å²) in [4.78, 5) is 32.7. The smallest absolute Gasteiger partial charge is 0.332 e. The molecule has 0 spiro atoms. The van der Waals surface area contributed by atoms with Gasteiger partial charge in [0.05, 0.1) is 5.41 Å². The zero-order valence-electron chi connectivity index (χ0n) is 65.1. The Labute approximate surface area is 718 Å². The fraction of sp³-hybridized carbons (Fsp3) is 0.0857. The molecule has 11 heteroatoms. The van der Waals surface area contributed by atoms with Crippen LogP contribution in [0.1, 0.15) is 52.7 Å². The normalized spacial score (nSPS) is 11.1. The van der Waals surface area contributed by atoms with Gasteiger partial charge >= 0.3 is 5.78 Å². The largest absolute Gasteiger partial charge is 0.511 e. The van der Waals surface area contributed by atoms with Gasteiger partial charge in [-0.3, -0.25) is 9.18 Å². The number of carbonyl (C=O) groups excluding carboxylic acids is 1. The summed E-state index contributed by atoms with van der Waals surface area (Å²) in [6, 6.07) is 125. The van der Waals surface area contributed by atoms with Gasteiger partial charge in [-0.2, -0.15) is 0 Å². The van der Waals surface area contributed by atoms with E-state index in [0.29, 0.717) is 5.57 Å². The Morgan fingerprint density at radius 2 is 0.672 bits per heavy atom. The standard InChI is InChI=1S/C27H16N.C19H11FN.C19H12N.C17H24O2.C12H10N.C11H8N.3Ir/c1-3-7-23-18(5-1)9-10-20-11-13-21(15-25(20)23)27-16-26-22(17-28-27)14-12-19-6-2-4-8-24(19)26;20-16-9-7-14(8-10-16)19-11-18-15(12-21-19)6-5-13-3-1-2-4-17(13)18;1-2-7-15(8-3-1)19-12-18-16(13-20-19)11-10-14-6-4-5-9-17(14)18;1-16(2,3)14(18)13(15(19)17(4,5)6)12-10-8-7-9-11-12;1-10-5-7-11(8-6-10)12-4-2-3-9-13-12;1-2-6-10(7-3-1)11-8-4-5-9-12-11;;;/h1-12,14-17H;1-7,9-12H;1-7,9-13H;7-11,18H,1-6H3;2-7,9H,1H3;1-6,8-9H;;;/q3*-1;;2*-1;;;/p+1. The molecule has 14 aromatic carbocycles. The summed E-state index contributed by atoms with van der Waals surface area (Å²) in [7, 11) is 0. The SMILES string of the molecule is CC(C)(C)C(=[OH+])C(=C(O)C(C)(C)C)c1ccccc1.Cc1c[c-]c(-c2ccccn2)cc1.Fc1c[c-]c(-c2cc3c(ccc4ccccc43)cn2)cc1.[Ir].[Ir].[Ir].[c-]1cc2ccc3ccccc3c2cc1-c1cc2c(ccc3ccccc32)cn1.[c-]1ccccc1-c1cc2c(ccc3ccccc32)cn1.[c-]1ccccc1-c1ccccn1. The summed E-state index contributed by atoms with van der Waals surface area (Å²) < 4.78 is 13.0. The van der Waals surface area contributed by atoms with E-state index in [-0.39, 0.29) is 77.7 Å². The van der Waals surface area contributed by atoms with Gasteiger partial charge in [0.25, 0.3) is 0 Å². The van der Waals surface area contributed by atoms with Crippen molar-refractivity contribution in [1.29, 1.82) is 0 Å². The number of rotatable bonds is 7. The molecule has 0 atom stereocenters. The summed E-state index contributed by atoms with van der Waals surface area (Å²) >= 11 is 0. The number of nitrogens with zero attached hydrogens (tertiary/aromatic N) is 5. The molecule has 0 saturated heterocycles. The second-order valence-electron chi connectivity index (χ2n) is 29.5. The second-order valence-corrected chi connectivity index (χ2v) is 29.5. The Morgan fingerprint density at radius 3 is 1.07 bits per heavy atom. The van der Waals surface area contributed by atoms with E-state index in [1.807, 2.05) is 206 Å². The molecule has 0 bridgehead atoms. The molecule has 0 amide bonds. The van der Waals surface area contributed by atoms with Crippen molar-refractivity contribution < 1.29 is 74.6 Å². The van der Waals surface area contributed by atoms with Crippen molar-refractivity contribution in [2.75, 3.05) is 0 Å². The zero-order chi connectivity index (χ0) is 78.3. The third kappa shape index (κ3) is 20.7. The van der Waals surface area contributed by atoms with Crippen molar-refractivity contribution >= 4 is 97.5 Å². The number of fused-ring (bicyclic) bond motifs is 12. The molecule has 0 aliphatic heterocycles. The number of pyridine rings is 5. The van der Waals surface area contributed by atoms with Crippen LogP contribution in [0.3, 0.4) is 0 Å². The molecule has 19 rings (SSSR count). The maximum Gasteiger partial charge on any atom is 0.332 e. The number of hydrogen-bond donors (Lipinski definition) is 1. The van der Waals surface area contributed by atoms with Gasteiger partial charge in [0.2, 0.25) is 0 Å². The second kappa shape index (κ2) is 39.4. The first-order valence-electron chi connectivity index (χ1n) is 37.6. The van der Waals surface area contributed by atoms with Gasteiger partial charge in [-0.05, 0) is 142 Å². The maximum atomic E-state index is 13.0. The quantitative estimate of drug-likeness (QED) is 0.0560. The summed E-state index contributed by atoms with van der Waals surface area (Å²) in [5, 5.41) is 30.0. The third-order valence-corrected chi connectivity index (χ3v) is 19.4. The van der Waals surface area contributed by atoms with Crippen LogP contribution in [-0.2, 0) is 60.3 Å². The van der Waals surface area contributed by atoms with Crippen LogP contribution in [0, 0.1) is 53.9 Å². The summed E-state index contributed by atoms with van der Waals surface area (Å²) in [6.07, 6.45) is 9.35. The molecule has 2 N–H and O–H groups in total. The molecule has 0 aliphatic carbocycles. The van der Waals surface area contributed by atoms with E-state index in [0.717, 1.165) is 78.0 Å². The minimum absolute atomic E-state index is 0. The van der Waals surface area contributed by atoms with Crippen molar-refractivity contribution in [1.82, 2.24) is 24.9 Å². The first-order valence-corrected chi connectivity index (χ1v) is 37.6. The van der Waals surface area contributed by atoms with E-state index < -0.39 is 10.8 Å². The van der Waals surface area contributed by atoms with Crippen LogP contribution >= 0.6 is 0 Å². The van der Waals surface area contributed by atoms with Crippen LogP contribution in [-0.4, -0.2) is 40.6 Å². The van der Waals surface area contributed by atoms with Crippen molar-refractivity contribution in [3.63, 3.8) is 0 Å². The van der Waals surface area contributed by atoms with Crippen LogP contribution < -0.4 is 0 Å². The number of aliphatic hydroxyl groups is 1. The monoisotopic (exact) mass is 2040 g/mol. The van der Waals surface area contributed by atoms with Crippen LogP contribution in [0.15, 0.2) is 364 Å². The molecule has 0 unspecified atom stereocenters. The molecule has 0 saturated carbocycles. The Hall–Kier alpha value is -12.0. The topological polar surface area (TPSA) is 106 Å². The average molecular weight is 2040 g/mol. The number of halogens is 1. The Bertz CT molecular complexity index is 6390. The van der Waals surface area contributed by atoms with Crippen LogP contribution in [0.2, 0.25) is 0 Å². The maximum absolute atomic E-state index is 13.0. The van der Waals surface area contributed by atoms with Crippen molar-refractivity contribution in [3.05, 3.63) is 412 Å². The van der Waals surface area contributed by atoms with E-state index in [1.54, 1.807) is 18.5 Å². The van der Waals surface area contributed by atoms with Crippen LogP contribution in [0.25, 0.3) is 148 Å². The van der Waals surface area contributed by atoms with E-state index >= 15 is 0 Å².